The molecule has 0 aromatic heterocycles. The molecule has 2 atom stereocenters. The van der Waals surface area contributed by atoms with Crippen molar-refractivity contribution in [3.8, 4) is 5.75 Å². The predicted molar refractivity (Wildman–Crippen MR) is 80.3 cm³/mol. The van der Waals surface area contributed by atoms with Gasteiger partial charge in [0.1, 0.15) is 11.5 Å². The average Bonchev–Trinajstić information content (AvgIpc) is 2.41. The van der Waals surface area contributed by atoms with Gasteiger partial charge in [-0.1, -0.05) is 13.8 Å². The number of ketones is 1. The Morgan fingerprint density at radius 2 is 2.00 bits per heavy atom. The van der Waals surface area contributed by atoms with Crippen LogP contribution in [0.5, 0.6) is 5.75 Å². The highest BCUT2D eigenvalue weighted by atomic mass is 16.5. The SMILES string of the molecule is CCOc1ccc(N2C[C@H]3CC(C)(C)[C@@H]2CC3=O)cc1. The lowest BCUT2D eigenvalue weighted by atomic mass is 9.64. The number of anilines is 1. The Balaban J connectivity index is 1.85. The number of rotatable bonds is 3. The van der Waals surface area contributed by atoms with Crippen LogP contribution in [0, 0.1) is 11.3 Å². The minimum atomic E-state index is 0.210. The van der Waals surface area contributed by atoms with Crippen LogP contribution in [-0.4, -0.2) is 25.0 Å². The first-order chi connectivity index (χ1) is 9.51. The number of hydrogen-bond donors (Lipinski definition) is 0. The topological polar surface area (TPSA) is 29.5 Å². The van der Waals surface area contributed by atoms with Crippen molar-refractivity contribution in [3.05, 3.63) is 24.3 Å². The van der Waals surface area contributed by atoms with E-state index in [1.54, 1.807) is 0 Å². The summed E-state index contributed by atoms with van der Waals surface area (Å²) in [6, 6.07) is 8.61. The zero-order valence-electron chi connectivity index (χ0n) is 12.6. The van der Waals surface area contributed by atoms with Crippen LogP contribution in [0.3, 0.4) is 0 Å². The Kier molecular flexibility index (Phi) is 3.23. The van der Waals surface area contributed by atoms with Crippen LogP contribution in [0.4, 0.5) is 5.69 Å². The zero-order valence-corrected chi connectivity index (χ0v) is 12.6. The van der Waals surface area contributed by atoms with Gasteiger partial charge in [0, 0.05) is 30.6 Å². The number of carbonyl (C=O) groups is 1. The Morgan fingerprint density at radius 3 is 2.60 bits per heavy atom. The summed E-state index contributed by atoms with van der Waals surface area (Å²) in [6.07, 6.45) is 1.73. The van der Waals surface area contributed by atoms with Gasteiger partial charge in [0.05, 0.1) is 6.61 Å². The number of nitrogens with zero attached hydrogens (tertiary/aromatic N) is 1. The maximum Gasteiger partial charge on any atom is 0.139 e. The summed E-state index contributed by atoms with van der Waals surface area (Å²) < 4.78 is 5.50. The van der Waals surface area contributed by atoms with Gasteiger partial charge in [-0.25, -0.2) is 0 Å². The Morgan fingerprint density at radius 1 is 1.30 bits per heavy atom. The fourth-order valence-electron chi connectivity index (χ4n) is 3.77. The number of benzene rings is 1. The van der Waals surface area contributed by atoms with Gasteiger partial charge in [-0.05, 0) is 43.0 Å². The fraction of sp³-hybridized carbons (Fsp3) is 0.588. The first-order valence-corrected chi connectivity index (χ1v) is 7.53. The number of hydrogen-bond acceptors (Lipinski definition) is 3. The molecule has 1 aromatic carbocycles. The molecule has 3 aliphatic rings. The molecule has 2 heterocycles. The first-order valence-electron chi connectivity index (χ1n) is 7.53. The molecule has 3 heteroatoms. The molecule has 3 nitrogen and oxygen atoms in total. The molecule has 0 unspecified atom stereocenters. The Hall–Kier alpha value is -1.51. The molecule has 0 amide bonds. The summed E-state index contributed by atoms with van der Waals surface area (Å²) in [5.74, 6) is 1.58. The highest BCUT2D eigenvalue weighted by Gasteiger charge is 2.49. The van der Waals surface area contributed by atoms with Crippen molar-refractivity contribution in [2.24, 2.45) is 11.3 Å². The molecule has 0 N–H and O–H groups in total. The van der Waals surface area contributed by atoms with E-state index in [9.17, 15) is 4.79 Å². The van der Waals surface area contributed by atoms with Crippen LogP contribution in [0.15, 0.2) is 24.3 Å². The highest BCUT2D eigenvalue weighted by molar-refractivity contribution is 5.86. The van der Waals surface area contributed by atoms with Gasteiger partial charge in [-0.3, -0.25) is 4.79 Å². The molecule has 20 heavy (non-hydrogen) atoms. The molecule has 2 saturated heterocycles. The number of Topliss-reactive ketones (excluding diaryl/α,β-unsaturated/α-hetero) is 1. The van der Waals surface area contributed by atoms with E-state index < -0.39 is 0 Å². The summed E-state index contributed by atoms with van der Waals surface area (Å²) in [4.78, 5) is 14.4. The van der Waals surface area contributed by atoms with Gasteiger partial charge >= 0.3 is 0 Å². The molecule has 4 rings (SSSR count). The molecule has 1 saturated carbocycles. The summed E-state index contributed by atoms with van der Waals surface area (Å²) >= 11 is 0. The largest absolute Gasteiger partial charge is 0.494 e. The molecule has 1 aromatic rings. The van der Waals surface area contributed by atoms with Crippen LogP contribution in [0.25, 0.3) is 0 Å². The van der Waals surface area contributed by atoms with Crippen LogP contribution < -0.4 is 9.64 Å². The lowest BCUT2D eigenvalue weighted by Crippen LogP contribution is -2.60. The van der Waals surface area contributed by atoms with E-state index in [1.807, 2.05) is 19.1 Å². The van der Waals surface area contributed by atoms with Crippen LogP contribution >= 0.6 is 0 Å². The Bertz CT molecular complexity index is 506. The second kappa shape index (κ2) is 4.80. The van der Waals surface area contributed by atoms with E-state index in [4.69, 9.17) is 4.74 Å². The average molecular weight is 273 g/mol. The van der Waals surface area contributed by atoms with Gasteiger partial charge in [-0.15, -0.1) is 0 Å². The third kappa shape index (κ3) is 2.19. The normalized spacial score (nSPS) is 27.8. The quantitative estimate of drug-likeness (QED) is 0.846. The van der Waals surface area contributed by atoms with Crippen molar-refractivity contribution in [1.82, 2.24) is 0 Å². The van der Waals surface area contributed by atoms with E-state index in [2.05, 4.69) is 30.9 Å². The molecular weight excluding hydrogens is 250 g/mol. The monoisotopic (exact) mass is 273 g/mol. The summed E-state index contributed by atoms with van der Waals surface area (Å²) in [5.41, 5.74) is 1.43. The molecule has 3 fully saturated rings. The van der Waals surface area contributed by atoms with Crippen molar-refractivity contribution >= 4 is 11.5 Å². The van der Waals surface area contributed by atoms with Gasteiger partial charge in [0.15, 0.2) is 0 Å². The molecule has 108 valence electrons. The lowest BCUT2D eigenvalue weighted by molar-refractivity contribution is -0.130. The molecular formula is C17H23NO2. The second-order valence-electron chi connectivity index (χ2n) is 6.66. The highest BCUT2D eigenvalue weighted by Crippen LogP contribution is 2.46. The minimum Gasteiger partial charge on any atom is -0.494 e. The van der Waals surface area contributed by atoms with Gasteiger partial charge in [0.25, 0.3) is 0 Å². The van der Waals surface area contributed by atoms with Crippen LogP contribution in [0.1, 0.15) is 33.6 Å². The van der Waals surface area contributed by atoms with Crippen molar-refractivity contribution in [3.63, 3.8) is 0 Å². The van der Waals surface area contributed by atoms with Crippen LogP contribution in [0.2, 0.25) is 0 Å². The van der Waals surface area contributed by atoms with Gasteiger partial charge in [-0.2, -0.15) is 0 Å². The number of ether oxygens (including phenoxy) is 1. The van der Waals surface area contributed by atoms with Crippen LogP contribution in [-0.2, 0) is 4.79 Å². The first kappa shape index (κ1) is 13.5. The van der Waals surface area contributed by atoms with E-state index in [0.717, 1.165) is 18.7 Å². The third-order valence-corrected chi connectivity index (χ3v) is 4.80. The van der Waals surface area contributed by atoms with Crippen molar-refractivity contribution < 1.29 is 9.53 Å². The smallest absolute Gasteiger partial charge is 0.139 e. The number of piperidine rings is 2. The zero-order chi connectivity index (χ0) is 14.3. The van der Waals surface area contributed by atoms with Crippen molar-refractivity contribution in [2.45, 2.75) is 39.7 Å². The maximum atomic E-state index is 12.0. The second-order valence-corrected chi connectivity index (χ2v) is 6.66. The third-order valence-electron chi connectivity index (χ3n) is 4.80. The summed E-state index contributed by atoms with van der Waals surface area (Å²) in [6.45, 7) is 8.14. The van der Waals surface area contributed by atoms with E-state index in [-0.39, 0.29) is 11.3 Å². The fourth-order valence-corrected chi connectivity index (χ4v) is 3.77. The molecule has 0 spiro atoms. The molecule has 1 aliphatic carbocycles. The number of fused-ring (bicyclic) bond motifs is 3. The van der Waals surface area contributed by atoms with Crippen molar-refractivity contribution in [2.75, 3.05) is 18.1 Å². The number of carbonyl (C=O) groups excluding carboxylic acids is 1. The molecule has 2 aliphatic heterocycles. The lowest BCUT2D eigenvalue weighted by Gasteiger charge is -2.54. The molecule has 2 bridgehead atoms. The predicted octanol–water partition coefficient (Wildman–Crippen LogP) is 3.28. The van der Waals surface area contributed by atoms with Gasteiger partial charge < -0.3 is 9.64 Å². The Labute approximate surface area is 120 Å². The standard InChI is InChI=1S/C17H23NO2/c1-4-20-14-7-5-13(6-8-14)18-11-12-10-17(2,3)16(18)9-15(12)19/h5-8,12,16H,4,9-11H2,1-3H3/t12-,16+/m1/s1. The summed E-state index contributed by atoms with van der Waals surface area (Å²) in [5, 5.41) is 0. The van der Waals surface area contributed by atoms with E-state index in [1.165, 1.54) is 5.69 Å². The van der Waals surface area contributed by atoms with E-state index in [0.29, 0.717) is 24.9 Å². The minimum absolute atomic E-state index is 0.210. The maximum absolute atomic E-state index is 12.0. The summed E-state index contributed by atoms with van der Waals surface area (Å²) in [7, 11) is 0. The molecule has 0 radical (unpaired) electrons. The van der Waals surface area contributed by atoms with Gasteiger partial charge in [0.2, 0.25) is 0 Å². The van der Waals surface area contributed by atoms with Crippen molar-refractivity contribution in [1.29, 1.82) is 0 Å². The van der Waals surface area contributed by atoms with E-state index >= 15 is 0 Å².